The summed E-state index contributed by atoms with van der Waals surface area (Å²) in [7, 11) is -3.59. The van der Waals surface area contributed by atoms with Gasteiger partial charge >= 0.3 is 0 Å². The van der Waals surface area contributed by atoms with Crippen molar-refractivity contribution in [2.45, 2.75) is 4.90 Å². The highest BCUT2D eigenvalue weighted by Crippen LogP contribution is 2.10. The second-order valence-electron chi connectivity index (χ2n) is 3.54. The topological polar surface area (TPSA) is 95.9 Å². The van der Waals surface area contributed by atoms with E-state index in [2.05, 4.69) is 16.1 Å². The second kappa shape index (κ2) is 11.6. The van der Waals surface area contributed by atoms with E-state index in [4.69, 9.17) is 10.2 Å². The van der Waals surface area contributed by atoms with Crippen molar-refractivity contribution in [1.82, 2.24) is 5.32 Å². The average Bonchev–Trinajstić information content (AvgIpc) is 2.47. The molecule has 0 amide bonds. The average molecular weight is 303 g/mol. The van der Waals surface area contributed by atoms with Gasteiger partial charge in [0.1, 0.15) is 0 Å². The molecule has 0 fully saturated rings. The standard InChI is InChI=1S/C9H10O3S.C4H11NO2/c1-2-8-12-13(10,11)9-6-4-3-5-7-9;6-3-1-5-2-4-7/h2-7H,1,8H2;5-7H,1-4H2. The minimum Gasteiger partial charge on any atom is -0.395 e. The number of hydrogen-bond donors (Lipinski definition) is 3. The summed E-state index contributed by atoms with van der Waals surface area (Å²) in [6.45, 7) is 4.78. The Hall–Kier alpha value is -1.25. The van der Waals surface area contributed by atoms with Crippen LogP contribution in [0.1, 0.15) is 0 Å². The molecule has 0 aromatic heterocycles. The van der Waals surface area contributed by atoms with Gasteiger partial charge in [0.05, 0.1) is 24.7 Å². The third-order valence-corrected chi connectivity index (χ3v) is 3.25. The van der Waals surface area contributed by atoms with E-state index in [1.807, 2.05) is 0 Å². The Morgan fingerprint density at radius 2 is 1.70 bits per heavy atom. The summed E-state index contributed by atoms with van der Waals surface area (Å²) in [6, 6.07) is 8.00. The third-order valence-electron chi connectivity index (χ3n) is 1.95. The SMILES string of the molecule is C=CCOS(=O)(=O)c1ccccc1.OCCNCCO. The van der Waals surface area contributed by atoms with Crippen molar-refractivity contribution in [3.63, 3.8) is 0 Å². The van der Waals surface area contributed by atoms with E-state index in [-0.39, 0.29) is 24.7 Å². The van der Waals surface area contributed by atoms with Gasteiger partial charge in [-0.3, -0.25) is 4.18 Å². The van der Waals surface area contributed by atoms with Crippen LogP contribution in [0, 0.1) is 0 Å². The van der Waals surface area contributed by atoms with Gasteiger partial charge < -0.3 is 15.5 Å². The fourth-order valence-corrected chi connectivity index (χ4v) is 1.98. The Morgan fingerprint density at radius 1 is 1.15 bits per heavy atom. The van der Waals surface area contributed by atoms with Gasteiger partial charge in [-0.2, -0.15) is 8.42 Å². The highest BCUT2D eigenvalue weighted by Gasteiger charge is 2.12. The zero-order valence-electron chi connectivity index (χ0n) is 11.2. The molecule has 114 valence electrons. The third kappa shape index (κ3) is 8.78. The monoisotopic (exact) mass is 303 g/mol. The van der Waals surface area contributed by atoms with Crippen LogP contribution in [0.15, 0.2) is 47.9 Å². The summed E-state index contributed by atoms with van der Waals surface area (Å²) in [5.74, 6) is 0. The molecule has 0 atom stereocenters. The van der Waals surface area contributed by atoms with Gasteiger partial charge in [-0.25, -0.2) is 0 Å². The lowest BCUT2D eigenvalue weighted by Gasteiger charge is -2.01. The van der Waals surface area contributed by atoms with Crippen LogP contribution in [0.2, 0.25) is 0 Å². The molecule has 1 rings (SSSR count). The van der Waals surface area contributed by atoms with Crippen LogP contribution in [0.25, 0.3) is 0 Å². The molecule has 20 heavy (non-hydrogen) atoms. The van der Waals surface area contributed by atoms with Crippen LogP contribution in [-0.2, 0) is 14.3 Å². The Labute approximate surface area is 119 Å². The maximum absolute atomic E-state index is 11.3. The molecular formula is C13H21NO5S. The molecule has 1 aromatic rings. The maximum atomic E-state index is 11.3. The van der Waals surface area contributed by atoms with Gasteiger partial charge in [-0.05, 0) is 12.1 Å². The Morgan fingerprint density at radius 3 is 2.15 bits per heavy atom. The lowest BCUT2D eigenvalue weighted by atomic mass is 10.4. The van der Waals surface area contributed by atoms with Crippen molar-refractivity contribution < 1.29 is 22.8 Å². The molecule has 0 saturated heterocycles. The molecule has 7 heteroatoms. The van der Waals surface area contributed by atoms with Crippen LogP contribution in [0.5, 0.6) is 0 Å². The Bertz CT molecular complexity index is 443. The van der Waals surface area contributed by atoms with Crippen molar-refractivity contribution in [3.8, 4) is 0 Å². The zero-order valence-corrected chi connectivity index (χ0v) is 12.1. The quantitative estimate of drug-likeness (QED) is 0.359. The van der Waals surface area contributed by atoms with Gasteiger partial charge in [0.15, 0.2) is 0 Å². The minimum absolute atomic E-state index is 0.00275. The van der Waals surface area contributed by atoms with Crippen molar-refractivity contribution in [2.75, 3.05) is 32.9 Å². The highest BCUT2D eigenvalue weighted by molar-refractivity contribution is 7.86. The first-order chi connectivity index (χ1) is 9.58. The van der Waals surface area contributed by atoms with Crippen LogP contribution in [0.4, 0.5) is 0 Å². The van der Waals surface area contributed by atoms with E-state index in [9.17, 15) is 8.42 Å². The molecule has 0 aliphatic carbocycles. The first-order valence-corrected chi connectivity index (χ1v) is 7.47. The summed E-state index contributed by atoms with van der Waals surface area (Å²) in [6.07, 6.45) is 1.39. The predicted molar refractivity (Wildman–Crippen MR) is 76.8 cm³/mol. The summed E-state index contributed by atoms with van der Waals surface area (Å²) in [5.41, 5.74) is 0. The molecule has 0 unspecified atom stereocenters. The van der Waals surface area contributed by atoms with E-state index in [0.717, 1.165) is 0 Å². The van der Waals surface area contributed by atoms with Crippen molar-refractivity contribution in [1.29, 1.82) is 0 Å². The van der Waals surface area contributed by atoms with Crippen molar-refractivity contribution in [3.05, 3.63) is 43.0 Å². The first-order valence-electron chi connectivity index (χ1n) is 6.06. The van der Waals surface area contributed by atoms with Gasteiger partial charge in [-0.1, -0.05) is 24.3 Å². The second-order valence-corrected chi connectivity index (χ2v) is 5.15. The number of rotatable bonds is 8. The molecule has 0 aliphatic rings. The summed E-state index contributed by atoms with van der Waals surface area (Å²) < 4.78 is 27.3. The van der Waals surface area contributed by atoms with Crippen LogP contribution in [0.3, 0.4) is 0 Å². The number of benzene rings is 1. The molecule has 6 nitrogen and oxygen atoms in total. The first kappa shape index (κ1) is 18.8. The smallest absolute Gasteiger partial charge is 0.297 e. The Kier molecular flexibility index (Phi) is 10.8. The zero-order chi connectivity index (χ0) is 15.3. The minimum atomic E-state index is -3.59. The van der Waals surface area contributed by atoms with E-state index in [1.54, 1.807) is 18.2 Å². The number of hydrogen-bond acceptors (Lipinski definition) is 6. The van der Waals surface area contributed by atoms with Crippen molar-refractivity contribution in [2.24, 2.45) is 0 Å². The number of aliphatic hydroxyl groups excluding tert-OH is 2. The van der Waals surface area contributed by atoms with Gasteiger partial charge in [0.2, 0.25) is 0 Å². The van der Waals surface area contributed by atoms with Crippen molar-refractivity contribution >= 4 is 10.1 Å². The van der Waals surface area contributed by atoms with Gasteiger partial charge in [0, 0.05) is 13.1 Å². The number of aliphatic hydroxyl groups is 2. The fraction of sp³-hybridized carbons (Fsp3) is 0.385. The van der Waals surface area contributed by atoms with E-state index in [0.29, 0.717) is 13.1 Å². The Balaban J connectivity index is 0.000000441. The number of nitrogens with one attached hydrogen (secondary N) is 1. The summed E-state index contributed by atoms with van der Waals surface area (Å²) in [4.78, 5) is 0.164. The highest BCUT2D eigenvalue weighted by atomic mass is 32.2. The molecule has 0 aliphatic heterocycles. The summed E-state index contributed by atoms with van der Waals surface area (Å²) >= 11 is 0. The van der Waals surface area contributed by atoms with E-state index >= 15 is 0 Å². The molecule has 0 radical (unpaired) electrons. The molecule has 1 aromatic carbocycles. The van der Waals surface area contributed by atoms with Crippen LogP contribution < -0.4 is 5.32 Å². The predicted octanol–water partition coefficient (Wildman–Crippen LogP) is 0.139. The lowest BCUT2D eigenvalue weighted by molar-refractivity contribution is 0.266. The maximum Gasteiger partial charge on any atom is 0.297 e. The van der Waals surface area contributed by atoms with Crippen LogP contribution >= 0.6 is 0 Å². The molecule has 0 spiro atoms. The fourth-order valence-electron chi connectivity index (χ4n) is 1.08. The van der Waals surface area contributed by atoms with Gasteiger partial charge in [-0.15, -0.1) is 6.58 Å². The molecule has 3 N–H and O–H groups in total. The van der Waals surface area contributed by atoms with E-state index in [1.165, 1.54) is 18.2 Å². The largest absolute Gasteiger partial charge is 0.395 e. The normalized spacial score (nSPS) is 10.5. The summed E-state index contributed by atoms with van der Waals surface area (Å²) in [5, 5.41) is 19.1. The molecule has 0 heterocycles. The molecular weight excluding hydrogens is 282 g/mol. The van der Waals surface area contributed by atoms with Crippen LogP contribution in [-0.4, -0.2) is 51.5 Å². The molecule has 0 saturated carbocycles. The lowest BCUT2D eigenvalue weighted by Crippen LogP contribution is -2.21. The van der Waals surface area contributed by atoms with E-state index < -0.39 is 10.1 Å². The van der Waals surface area contributed by atoms with Gasteiger partial charge in [0.25, 0.3) is 10.1 Å². The molecule has 0 bridgehead atoms.